The first-order valence-corrected chi connectivity index (χ1v) is 13.1. The molecule has 0 bridgehead atoms. The number of hydrogen-bond acceptors (Lipinski definition) is 9. The van der Waals surface area contributed by atoms with Crippen LogP contribution in [0.15, 0.2) is 24.3 Å². The van der Waals surface area contributed by atoms with Crippen LogP contribution >= 0.6 is 0 Å². The number of rotatable bonds is 6. The van der Waals surface area contributed by atoms with Crippen LogP contribution in [0.5, 0.6) is 0 Å². The zero-order valence-electron chi connectivity index (χ0n) is 20.2. The van der Waals surface area contributed by atoms with Gasteiger partial charge in [0.1, 0.15) is 12.2 Å². The number of benzene rings is 1. The molecule has 13 heteroatoms. The van der Waals surface area contributed by atoms with Gasteiger partial charge in [-0.2, -0.15) is 8.42 Å². The summed E-state index contributed by atoms with van der Waals surface area (Å²) in [4.78, 5) is 38.7. The van der Waals surface area contributed by atoms with Crippen LogP contribution in [0.2, 0.25) is 0 Å². The normalized spacial score (nSPS) is 22.8. The van der Waals surface area contributed by atoms with Crippen molar-refractivity contribution in [3.63, 3.8) is 0 Å². The zero-order valence-corrected chi connectivity index (χ0v) is 21.0. The molecular weight excluding hydrogens is 482 g/mol. The number of non-ortho nitro benzene ring substituents is 1. The second kappa shape index (κ2) is 10.4. The molecular formula is C22H31N3O9S. The van der Waals surface area contributed by atoms with Crippen molar-refractivity contribution in [1.82, 2.24) is 9.80 Å². The van der Waals surface area contributed by atoms with Crippen LogP contribution in [0.3, 0.4) is 0 Å². The molecule has 3 rings (SSSR count). The monoisotopic (exact) mass is 513 g/mol. The lowest BCUT2D eigenvalue weighted by Gasteiger charge is -2.29. The summed E-state index contributed by atoms with van der Waals surface area (Å²) in [6.45, 7) is 6.09. The van der Waals surface area contributed by atoms with Crippen molar-refractivity contribution in [2.24, 2.45) is 5.92 Å². The van der Waals surface area contributed by atoms with E-state index in [-0.39, 0.29) is 31.2 Å². The van der Waals surface area contributed by atoms with E-state index in [0.717, 1.165) is 6.26 Å². The Morgan fingerprint density at radius 3 is 2.37 bits per heavy atom. The minimum absolute atomic E-state index is 0.0275. The fourth-order valence-electron chi connectivity index (χ4n) is 4.34. The molecule has 12 nitrogen and oxygen atoms in total. The molecule has 2 fully saturated rings. The number of carbonyl (C=O) groups is 2. The summed E-state index contributed by atoms with van der Waals surface area (Å²) in [5, 5.41) is 10.8. The van der Waals surface area contributed by atoms with Crippen molar-refractivity contribution in [3.8, 4) is 0 Å². The topological polar surface area (TPSA) is 146 Å². The van der Waals surface area contributed by atoms with Gasteiger partial charge in [0.25, 0.3) is 15.8 Å². The first kappa shape index (κ1) is 26.7. The van der Waals surface area contributed by atoms with E-state index in [9.17, 15) is 28.1 Å². The lowest BCUT2D eigenvalue weighted by Crippen LogP contribution is -2.42. The Bertz CT molecular complexity index is 1050. The fraction of sp³-hybridized carbons (Fsp3) is 0.636. The van der Waals surface area contributed by atoms with Crippen LogP contribution in [0, 0.1) is 16.0 Å². The average Bonchev–Trinajstić information content (AvgIpc) is 3.37. The number of nitro benzene ring substituents is 1. The van der Waals surface area contributed by atoms with E-state index in [1.807, 2.05) is 0 Å². The van der Waals surface area contributed by atoms with Crippen molar-refractivity contribution >= 4 is 28.0 Å². The molecule has 1 aromatic carbocycles. The Morgan fingerprint density at radius 2 is 1.80 bits per heavy atom. The number of likely N-dealkylation sites (tertiary alicyclic amines) is 2. The van der Waals surface area contributed by atoms with Gasteiger partial charge in [0, 0.05) is 31.3 Å². The predicted octanol–water partition coefficient (Wildman–Crippen LogP) is 2.91. The molecule has 2 saturated heterocycles. The van der Waals surface area contributed by atoms with E-state index < -0.39 is 45.0 Å². The van der Waals surface area contributed by atoms with Gasteiger partial charge in [0.15, 0.2) is 0 Å². The number of amides is 2. The molecule has 0 radical (unpaired) electrons. The van der Waals surface area contributed by atoms with E-state index in [1.54, 1.807) is 25.7 Å². The molecule has 1 aromatic rings. The number of nitro groups is 1. The molecule has 0 N–H and O–H groups in total. The highest BCUT2D eigenvalue weighted by Gasteiger charge is 2.45. The van der Waals surface area contributed by atoms with E-state index in [4.69, 9.17) is 13.7 Å². The third-order valence-corrected chi connectivity index (χ3v) is 6.40. The first-order valence-electron chi connectivity index (χ1n) is 11.2. The first-order chi connectivity index (χ1) is 16.2. The Morgan fingerprint density at radius 1 is 1.14 bits per heavy atom. The Hall–Kier alpha value is -2.93. The van der Waals surface area contributed by atoms with E-state index in [2.05, 4.69) is 0 Å². The molecule has 3 atom stereocenters. The van der Waals surface area contributed by atoms with Crippen molar-refractivity contribution in [2.45, 2.75) is 58.0 Å². The third kappa shape index (κ3) is 7.52. The lowest BCUT2D eigenvalue weighted by molar-refractivity contribution is -0.384. The minimum Gasteiger partial charge on any atom is -0.445 e. The molecule has 35 heavy (non-hydrogen) atoms. The van der Waals surface area contributed by atoms with Gasteiger partial charge in [-0.25, -0.2) is 9.59 Å². The maximum Gasteiger partial charge on any atom is 0.410 e. The fourth-order valence-corrected chi connectivity index (χ4v) is 4.97. The Labute approximate surface area is 204 Å². The average molecular weight is 514 g/mol. The summed E-state index contributed by atoms with van der Waals surface area (Å²) in [6, 6.07) is 5.25. The SMILES string of the molecule is CC(C)(C)OC(=O)N1CCC([C@@H]2C[C@@H](OS(C)(=O)=O)CN2C(=O)OCc2ccc([N+](=O)[O-])cc2)C1. The summed E-state index contributed by atoms with van der Waals surface area (Å²) >= 11 is 0. The van der Waals surface area contributed by atoms with Gasteiger partial charge >= 0.3 is 12.2 Å². The van der Waals surface area contributed by atoms with Gasteiger partial charge in [0.2, 0.25) is 0 Å². The van der Waals surface area contributed by atoms with Crippen LogP contribution in [-0.4, -0.2) is 79.0 Å². The van der Waals surface area contributed by atoms with Gasteiger partial charge in [-0.15, -0.1) is 0 Å². The van der Waals surface area contributed by atoms with Crippen molar-refractivity contribution < 1.29 is 36.6 Å². The molecule has 2 amide bonds. The van der Waals surface area contributed by atoms with Crippen LogP contribution < -0.4 is 0 Å². The highest BCUT2D eigenvalue weighted by molar-refractivity contribution is 7.86. The van der Waals surface area contributed by atoms with Crippen molar-refractivity contribution in [3.05, 3.63) is 39.9 Å². The maximum absolute atomic E-state index is 13.0. The highest BCUT2D eigenvalue weighted by Crippen LogP contribution is 2.33. The van der Waals surface area contributed by atoms with Crippen molar-refractivity contribution in [2.75, 3.05) is 25.9 Å². The second-order valence-corrected chi connectivity index (χ2v) is 11.4. The molecule has 1 unspecified atom stereocenters. The maximum atomic E-state index is 13.0. The van der Waals surface area contributed by atoms with E-state index >= 15 is 0 Å². The Balaban J connectivity index is 1.67. The molecule has 0 aromatic heterocycles. The van der Waals surface area contributed by atoms with Crippen molar-refractivity contribution in [1.29, 1.82) is 0 Å². The molecule has 0 saturated carbocycles. The Kier molecular flexibility index (Phi) is 7.90. The van der Waals surface area contributed by atoms with Gasteiger partial charge in [0.05, 0.1) is 23.8 Å². The summed E-state index contributed by atoms with van der Waals surface area (Å²) in [7, 11) is -3.73. The summed E-state index contributed by atoms with van der Waals surface area (Å²) in [6.07, 6.45) is 0.0429. The zero-order chi connectivity index (χ0) is 26.0. The van der Waals surface area contributed by atoms with Crippen LogP contribution in [-0.2, 0) is 30.4 Å². The van der Waals surface area contributed by atoms with Gasteiger partial charge in [-0.05, 0) is 57.2 Å². The van der Waals surface area contributed by atoms with Gasteiger partial charge in [-0.3, -0.25) is 14.3 Å². The van der Waals surface area contributed by atoms with Crippen LogP contribution in [0.4, 0.5) is 15.3 Å². The third-order valence-electron chi connectivity index (χ3n) is 5.78. The lowest BCUT2D eigenvalue weighted by atomic mass is 9.96. The van der Waals surface area contributed by atoms with E-state index in [1.165, 1.54) is 29.2 Å². The molecule has 2 aliphatic heterocycles. The van der Waals surface area contributed by atoms with Gasteiger partial charge in [-0.1, -0.05) is 0 Å². The number of ether oxygens (including phenoxy) is 2. The molecule has 0 aliphatic carbocycles. The van der Waals surface area contributed by atoms with Crippen LogP contribution in [0.1, 0.15) is 39.2 Å². The molecule has 2 heterocycles. The molecule has 0 spiro atoms. The largest absolute Gasteiger partial charge is 0.445 e. The second-order valence-electron chi connectivity index (χ2n) is 9.83. The van der Waals surface area contributed by atoms with E-state index in [0.29, 0.717) is 25.1 Å². The standard InChI is InChI=1S/C22H31N3O9S/c1-22(2,3)33-20(26)23-10-9-16(12-23)19-11-18(34-35(4,30)31)13-24(19)21(27)32-14-15-5-7-17(8-6-15)25(28)29/h5-8,16,18-19H,9-14H2,1-4H3/t16?,18-,19+/m1/s1. The minimum atomic E-state index is -3.73. The van der Waals surface area contributed by atoms with Crippen LogP contribution in [0.25, 0.3) is 0 Å². The summed E-state index contributed by atoms with van der Waals surface area (Å²) in [5.41, 5.74) is -0.137. The number of nitrogens with zero attached hydrogens (tertiary/aromatic N) is 3. The molecule has 194 valence electrons. The summed E-state index contributed by atoms with van der Waals surface area (Å²) < 4.78 is 39.4. The summed E-state index contributed by atoms with van der Waals surface area (Å²) in [5.74, 6) is -0.109. The molecule has 2 aliphatic rings. The quantitative estimate of drug-likeness (QED) is 0.318. The van der Waals surface area contributed by atoms with Gasteiger partial charge < -0.3 is 19.3 Å². The predicted molar refractivity (Wildman–Crippen MR) is 124 cm³/mol. The highest BCUT2D eigenvalue weighted by atomic mass is 32.2. The smallest absolute Gasteiger partial charge is 0.410 e. The number of carbonyl (C=O) groups excluding carboxylic acids is 2. The number of hydrogen-bond donors (Lipinski definition) is 0.